The van der Waals surface area contributed by atoms with E-state index in [0.29, 0.717) is 0 Å². The maximum Gasteiger partial charge on any atom is 0.310 e. The van der Waals surface area contributed by atoms with Crippen molar-refractivity contribution in [3.05, 3.63) is 35.4 Å². The van der Waals surface area contributed by atoms with Gasteiger partial charge in [-0.3, -0.25) is 4.79 Å². The van der Waals surface area contributed by atoms with Gasteiger partial charge in [0.05, 0.1) is 5.92 Å². The van der Waals surface area contributed by atoms with Crippen LogP contribution in [0.4, 0.5) is 0 Å². The fourth-order valence-electron chi connectivity index (χ4n) is 2.30. The molecule has 2 aliphatic rings. The topological polar surface area (TPSA) is 26.3 Å². The van der Waals surface area contributed by atoms with Crippen molar-refractivity contribution in [2.45, 2.75) is 18.9 Å². The predicted molar refractivity (Wildman–Crippen MR) is 47.1 cm³/mol. The Labute approximate surface area is 76.5 Å². The molecule has 0 aromatic heterocycles. The molecular formula is C11H10O2. The van der Waals surface area contributed by atoms with Crippen molar-refractivity contribution < 1.29 is 9.53 Å². The lowest BCUT2D eigenvalue weighted by molar-refractivity contribution is -0.144. The average Bonchev–Trinajstić information content (AvgIpc) is 2.44. The number of esters is 1. The maximum absolute atomic E-state index is 11.3. The molecule has 1 aliphatic carbocycles. The zero-order valence-electron chi connectivity index (χ0n) is 7.19. The molecule has 1 fully saturated rings. The predicted octanol–water partition coefficient (Wildman–Crippen LogP) is 1.85. The largest absolute Gasteiger partial charge is 0.457 e. The molecule has 1 aromatic rings. The van der Waals surface area contributed by atoms with Crippen molar-refractivity contribution >= 4 is 5.97 Å². The van der Waals surface area contributed by atoms with Crippen LogP contribution >= 0.6 is 0 Å². The first-order chi connectivity index (χ1) is 6.34. The molecule has 66 valence electrons. The molecular weight excluding hydrogens is 164 g/mol. The van der Waals surface area contributed by atoms with Crippen molar-refractivity contribution in [2.24, 2.45) is 5.92 Å². The number of fused-ring (bicyclic) bond motifs is 4. The van der Waals surface area contributed by atoms with Gasteiger partial charge in [-0.25, -0.2) is 0 Å². The van der Waals surface area contributed by atoms with Gasteiger partial charge in [-0.15, -0.1) is 0 Å². The van der Waals surface area contributed by atoms with E-state index in [9.17, 15) is 4.79 Å². The summed E-state index contributed by atoms with van der Waals surface area (Å²) in [5.74, 6) is 0.112. The molecule has 2 bridgehead atoms. The van der Waals surface area contributed by atoms with Crippen molar-refractivity contribution in [1.29, 1.82) is 0 Å². The van der Waals surface area contributed by atoms with Crippen LogP contribution in [0.15, 0.2) is 24.3 Å². The SMILES string of the molecule is O=C1O[C@@H]2C[C@@H]1Cc1ccccc12. The second kappa shape index (κ2) is 2.34. The lowest BCUT2D eigenvalue weighted by atomic mass is 9.84. The highest BCUT2D eigenvalue weighted by molar-refractivity contribution is 5.76. The minimum Gasteiger partial charge on any atom is -0.457 e. The summed E-state index contributed by atoms with van der Waals surface area (Å²) in [4.78, 5) is 11.3. The third kappa shape index (κ3) is 0.916. The van der Waals surface area contributed by atoms with Gasteiger partial charge in [0, 0.05) is 6.42 Å². The van der Waals surface area contributed by atoms with Gasteiger partial charge in [0.15, 0.2) is 0 Å². The van der Waals surface area contributed by atoms with E-state index in [1.165, 1.54) is 11.1 Å². The van der Waals surface area contributed by atoms with Gasteiger partial charge in [-0.1, -0.05) is 24.3 Å². The molecule has 1 aliphatic heterocycles. The Morgan fingerprint density at radius 3 is 3.08 bits per heavy atom. The van der Waals surface area contributed by atoms with Gasteiger partial charge in [0.2, 0.25) is 0 Å². The lowest BCUT2D eigenvalue weighted by Gasteiger charge is -2.18. The molecule has 2 nitrogen and oxygen atoms in total. The fourth-order valence-corrected chi connectivity index (χ4v) is 2.30. The minimum atomic E-state index is -0.0128. The molecule has 1 saturated heterocycles. The van der Waals surface area contributed by atoms with Gasteiger partial charge in [0.1, 0.15) is 6.10 Å². The Balaban J connectivity index is 2.12. The molecule has 13 heavy (non-hydrogen) atoms. The number of carbonyl (C=O) groups excluding carboxylic acids is 1. The first kappa shape index (κ1) is 7.13. The highest BCUT2D eigenvalue weighted by Crippen LogP contribution is 2.41. The number of hydrogen-bond donors (Lipinski definition) is 0. The number of hydrogen-bond acceptors (Lipinski definition) is 2. The summed E-state index contributed by atoms with van der Waals surface area (Å²) in [6.07, 6.45) is 1.80. The highest BCUT2D eigenvalue weighted by Gasteiger charge is 2.40. The molecule has 0 saturated carbocycles. The minimum absolute atomic E-state index is 0.0128. The van der Waals surface area contributed by atoms with Gasteiger partial charge >= 0.3 is 5.97 Å². The zero-order valence-corrected chi connectivity index (χ0v) is 7.19. The summed E-state index contributed by atoms with van der Waals surface area (Å²) < 4.78 is 5.27. The summed E-state index contributed by atoms with van der Waals surface area (Å²) in [7, 11) is 0. The first-order valence-corrected chi connectivity index (χ1v) is 4.63. The Morgan fingerprint density at radius 1 is 1.31 bits per heavy atom. The fraction of sp³-hybridized carbons (Fsp3) is 0.364. The van der Waals surface area contributed by atoms with Crippen molar-refractivity contribution in [2.75, 3.05) is 0 Å². The van der Waals surface area contributed by atoms with E-state index >= 15 is 0 Å². The Morgan fingerprint density at radius 2 is 2.15 bits per heavy atom. The molecule has 3 rings (SSSR count). The number of ether oxygens (including phenoxy) is 1. The number of rotatable bonds is 0. The third-order valence-electron chi connectivity index (χ3n) is 2.96. The van der Waals surface area contributed by atoms with Crippen LogP contribution in [0.25, 0.3) is 0 Å². The Hall–Kier alpha value is -1.31. The third-order valence-corrected chi connectivity index (χ3v) is 2.96. The van der Waals surface area contributed by atoms with E-state index in [1.54, 1.807) is 0 Å². The molecule has 1 aromatic carbocycles. The summed E-state index contributed by atoms with van der Waals surface area (Å²) in [6.45, 7) is 0. The van der Waals surface area contributed by atoms with E-state index in [-0.39, 0.29) is 18.0 Å². The van der Waals surface area contributed by atoms with E-state index in [2.05, 4.69) is 12.1 Å². The van der Waals surface area contributed by atoms with Crippen molar-refractivity contribution in [3.63, 3.8) is 0 Å². The Kier molecular flexibility index (Phi) is 1.29. The lowest BCUT2D eigenvalue weighted by Crippen LogP contribution is -2.13. The second-order valence-electron chi connectivity index (χ2n) is 3.76. The molecule has 2 atom stereocenters. The number of carbonyl (C=O) groups is 1. The monoisotopic (exact) mass is 174 g/mol. The molecule has 0 amide bonds. The van der Waals surface area contributed by atoms with Crippen LogP contribution in [0.2, 0.25) is 0 Å². The molecule has 2 heteroatoms. The molecule has 0 N–H and O–H groups in total. The highest BCUT2D eigenvalue weighted by atomic mass is 16.6. The first-order valence-electron chi connectivity index (χ1n) is 4.63. The van der Waals surface area contributed by atoms with Crippen molar-refractivity contribution in [3.8, 4) is 0 Å². The zero-order chi connectivity index (χ0) is 8.84. The summed E-state index contributed by atoms with van der Waals surface area (Å²) in [6, 6.07) is 8.19. The van der Waals surface area contributed by atoms with E-state index < -0.39 is 0 Å². The van der Waals surface area contributed by atoms with E-state index in [4.69, 9.17) is 4.74 Å². The quantitative estimate of drug-likeness (QED) is 0.561. The van der Waals surface area contributed by atoms with Crippen LogP contribution in [0, 0.1) is 5.92 Å². The maximum atomic E-state index is 11.3. The van der Waals surface area contributed by atoms with Crippen LogP contribution in [-0.4, -0.2) is 5.97 Å². The summed E-state index contributed by atoms with van der Waals surface area (Å²) >= 11 is 0. The van der Waals surface area contributed by atoms with Crippen LogP contribution in [0.5, 0.6) is 0 Å². The smallest absolute Gasteiger partial charge is 0.310 e. The van der Waals surface area contributed by atoms with Gasteiger partial charge in [-0.2, -0.15) is 0 Å². The van der Waals surface area contributed by atoms with Gasteiger partial charge in [0.25, 0.3) is 0 Å². The summed E-state index contributed by atoms with van der Waals surface area (Å²) in [5, 5.41) is 0. The van der Waals surface area contributed by atoms with Crippen LogP contribution in [0.3, 0.4) is 0 Å². The van der Waals surface area contributed by atoms with Crippen LogP contribution < -0.4 is 0 Å². The molecule has 0 unspecified atom stereocenters. The summed E-state index contributed by atoms with van der Waals surface area (Å²) in [5.41, 5.74) is 2.50. The van der Waals surface area contributed by atoms with Gasteiger partial charge in [-0.05, 0) is 17.5 Å². The standard InChI is InChI=1S/C11H10O2/c12-11-8-5-7-3-1-2-4-9(7)10(6-8)13-11/h1-4,8,10H,5-6H2/t8-,10+/m0/s1. The van der Waals surface area contributed by atoms with Crippen molar-refractivity contribution in [1.82, 2.24) is 0 Å². The van der Waals surface area contributed by atoms with Crippen LogP contribution in [0.1, 0.15) is 23.7 Å². The molecule has 1 heterocycles. The van der Waals surface area contributed by atoms with Gasteiger partial charge < -0.3 is 4.74 Å². The van der Waals surface area contributed by atoms with Crippen LogP contribution in [-0.2, 0) is 16.0 Å². The second-order valence-corrected chi connectivity index (χ2v) is 3.76. The normalized spacial score (nSPS) is 29.7. The molecule has 0 spiro atoms. The Bertz CT molecular complexity index is 370. The van der Waals surface area contributed by atoms with E-state index in [1.807, 2.05) is 12.1 Å². The molecule has 0 radical (unpaired) electrons. The van der Waals surface area contributed by atoms with E-state index in [0.717, 1.165) is 12.8 Å². The average molecular weight is 174 g/mol. The number of benzene rings is 1.